The monoisotopic (exact) mass is 212 g/mol. The minimum absolute atomic E-state index is 1.08. The Labute approximate surface area is 91.2 Å². The van der Waals surface area contributed by atoms with Crippen LogP contribution in [0.3, 0.4) is 0 Å². The smallest absolute Gasteiger partial charge is 0.0890 e. The largest absolute Gasteiger partial charge is 0.265 e. The first-order valence-electron chi connectivity index (χ1n) is 4.68. The topological polar surface area (TPSA) is 25.8 Å². The molecule has 2 nitrogen and oxygen atoms in total. The van der Waals surface area contributed by atoms with Crippen LogP contribution >= 0.6 is 11.3 Å². The summed E-state index contributed by atoms with van der Waals surface area (Å²) in [6.07, 6.45) is 3.61. The molecule has 0 saturated carbocycles. The first kappa shape index (κ1) is 8.56. The van der Waals surface area contributed by atoms with Crippen LogP contribution in [0.25, 0.3) is 21.3 Å². The Morgan fingerprint density at radius 1 is 1.00 bits per heavy atom. The van der Waals surface area contributed by atoms with Gasteiger partial charge in [0.15, 0.2) is 0 Å². The number of pyridine rings is 1. The molecule has 72 valence electrons. The van der Waals surface area contributed by atoms with Crippen LogP contribution in [0.2, 0.25) is 0 Å². The molecule has 0 radical (unpaired) electrons. The fraction of sp³-hybridized carbons (Fsp3) is 0. The number of aromatic nitrogens is 2. The van der Waals surface area contributed by atoms with Gasteiger partial charge in [0.2, 0.25) is 0 Å². The molecule has 2 heterocycles. The molecule has 3 aromatic rings. The van der Waals surface area contributed by atoms with E-state index in [0.29, 0.717) is 0 Å². The predicted molar refractivity (Wildman–Crippen MR) is 62.9 cm³/mol. The molecule has 0 bridgehead atoms. The summed E-state index contributed by atoms with van der Waals surface area (Å²) < 4.78 is 1.23. The Morgan fingerprint density at radius 3 is 2.73 bits per heavy atom. The second kappa shape index (κ2) is 3.44. The lowest BCUT2D eigenvalue weighted by molar-refractivity contribution is 1.33. The molecule has 2 aromatic heterocycles. The van der Waals surface area contributed by atoms with E-state index in [9.17, 15) is 0 Å². The maximum Gasteiger partial charge on any atom is 0.0890 e. The molecule has 0 amide bonds. The van der Waals surface area contributed by atoms with Crippen LogP contribution in [-0.2, 0) is 0 Å². The van der Waals surface area contributed by atoms with Gasteiger partial charge in [-0.25, -0.2) is 4.98 Å². The third kappa shape index (κ3) is 1.41. The molecule has 0 aliphatic rings. The van der Waals surface area contributed by atoms with Crippen LogP contribution in [0, 0.1) is 0 Å². The molecule has 15 heavy (non-hydrogen) atoms. The summed E-state index contributed by atoms with van der Waals surface area (Å²) >= 11 is 1.67. The first-order valence-corrected chi connectivity index (χ1v) is 5.56. The van der Waals surface area contributed by atoms with Gasteiger partial charge in [0.1, 0.15) is 0 Å². The molecular formula is C12H8N2S. The predicted octanol–water partition coefficient (Wildman–Crippen LogP) is 3.36. The van der Waals surface area contributed by atoms with Crippen molar-refractivity contribution in [1.82, 2.24) is 9.97 Å². The first-order chi connectivity index (χ1) is 7.45. The van der Waals surface area contributed by atoms with Crippen molar-refractivity contribution in [3.05, 3.63) is 48.2 Å². The van der Waals surface area contributed by atoms with Crippen molar-refractivity contribution in [1.29, 1.82) is 0 Å². The van der Waals surface area contributed by atoms with Gasteiger partial charge in [-0.05, 0) is 23.8 Å². The minimum atomic E-state index is 1.08. The molecule has 3 heteroatoms. The van der Waals surface area contributed by atoms with Crippen molar-refractivity contribution in [2.75, 3.05) is 0 Å². The van der Waals surface area contributed by atoms with E-state index in [-0.39, 0.29) is 0 Å². The lowest BCUT2D eigenvalue weighted by Gasteiger charge is -2.01. The lowest BCUT2D eigenvalue weighted by atomic mass is 10.1. The quantitative estimate of drug-likeness (QED) is 0.618. The summed E-state index contributed by atoms with van der Waals surface area (Å²) in [4.78, 5) is 8.41. The molecule has 0 saturated heterocycles. The molecule has 0 spiro atoms. The summed E-state index contributed by atoms with van der Waals surface area (Å²) in [7, 11) is 0. The van der Waals surface area contributed by atoms with Crippen molar-refractivity contribution in [3.8, 4) is 11.1 Å². The molecule has 1 aromatic carbocycles. The zero-order valence-corrected chi connectivity index (χ0v) is 8.74. The highest BCUT2D eigenvalue weighted by Crippen LogP contribution is 2.28. The van der Waals surface area contributed by atoms with Gasteiger partial charge in [0.25, 0.3) is 0 Å². The highest BCUT2D eigenvalue weighted by Gasteiger charge is 2.04. The lowest BCUT2D eigenvalue weighted by Crippen LogP contribution is -1.80. The SMILES string of the molecule is c1cc(-c2ccncc2)c2ncsc2c1. The number of benzene rings is 1. The van der Waals surface area contributed by atoms with E-state index in [1.54, 1.807) is 23.7 Å². The van der Waals surface area contributed by atoms with Crippen LogP contribution < -0.4 is 0 Å². The number of hydrogen-bond acceptors (Lipinski definition) is 3. The molecule has 3 rings (SSSR count). The highest BCUT2D eigenvalue weighted by atomic mass is 32.1. The van der Waals surface area contributed by atoms with Crippen LogP contribution in [0.15, 0.2) is 48.2 Å². The van der Waals surface area contributed by atoms with E-state index in [0.717, 1.165) is 5.52 Å². The fourth-order valence-electron chi connectivity index (χ4n) is 1.65. The van der Waals surface area contributed by atoms with Gasteiger partial charge in [0, 0.05) is 18.0 Å². The number of para-hydroxylation sites is 1. The van der Waals surface area contributed by atoms with E-state index in [4.69, 9.17) is 0 Å². The highest BCUT2D eigenvalue weighted by molar-refractivity contribution is 7.16. The molecule has 0 fully saturated rings. The number of thiazole rings is 1. The van der Waals surface area contributed by atoms with E-state index < -0.39 is 0 Å². The zero-order chi connectivity index (χ0) is 10.1. The molecule has 0 unspecified atom stereocenters. The van der Waals surface area contributed by atoms with Gasteiger partial charge in [-0.1, -0.05) is 12.1 Å². The summed E-state index contributed by atoms with van der Waals surface area (Å²) in [5.41, 5.74) is 5.31. The number of fused-ring (bicyclic) bond motifs is 1. The summed E-state index contributed by atoms with van der Waals surface area (Å²) in [6, 6.07) is 10.3. The molecule has 0 aliphatic heterocycles. The Bertz CT molecular complexity index is 587. The third-order valence-electron chi connectivity index (χ3n) is 2.35. The van der Waals surface area contributed by atoms with E-state index in [1.165, 1.54) is 15.8 Å². The second-order valence-corrected chi connectivity index (χ2v) is 4.13. The van der Waals surface area contributed by atoms with E-state index in [2.05, 4.69) is 28.2 Å². The number of rotatable bonds is 1. The van der Waals surface area contributed by atoms with Crippen molar-refractivity contribution >= 4 is 21.6 Å². The summed E-state index contributed by atoms with van der Waals surface area (Å²) in [5, 5.41) is 0. The van der Waals surface area contributed by atoms with Gasteiger partial charge in [0.05, 0.1) is 15.7 Å². The summed E-state index contributed by atoms with van der Waals surface area (Å²) in [5.74, 6) is 0. The average molecular weight is 212 g/mol. The van der Waals surface area contributed by atoms with Gasteiger partial charge in [-0.15, -0.1) is 11.3 Å². The van der Waals surface area contributed by atoms with Gasteiger partial charge in [-0.3, -0.25) is 4.98 Å². The minimum Gasteiger partial charge on any atom is -0.265 e. The summed E-state index contributed by atoms with van der Waals surface area (Å²) in [6.45, 7) is 0. The second-order valence-electron chi connectivity index (χ2n) is 3.24. The Kier molecular flexibility index (Phi) is 1.96. The maximum absolute atomic E-state index is 4.39. The van der Waals surface area contributed by atoms with Gasteiger partial charge >= 0.3 is 0 Å². The van der Waals surface area contributed by atoms with Gasteiger partial charge < -0.3 is 0 Å². The number of hydrogen-bond donors (Lipinski definition) is 0. The molecule has 0 N–H and O–H groups in total. The van der Waals surface area contributed by atoms with Crippen molar-refractivity contribution < 1.29 is 0 Å². The molecule has 0 aliphatic carbocycles. The van der Waals surface area contributed by atoms with Crippen molar-refractivity contribution in [2.24, 2.45) is 0 Å². The van der Waals surface area contributed by atoms with Crippen LogP contribution in [0.1, 0.15) is 0 Å². The van der Waals surface area contributed by atoms with E-state index >= 15 is 0 Å². The molecule has 0 atom stereocenters. The van der Waals surface area contributed by atoms with Crippen LogP contribution in [0.5, 0.6) is 0 Å². The van der Waals surface area contributed by atoms with Crippen LogP contribution in [0.4, 0.5) is 0 Å². The Morgan fingerprint density at radius 2 is 1.87 bits per heavy atom. The molecular weight excluding hydrogens is 204 g/mol. The Balaban J connectivity index is 2.31. The van der Waals surface area contributed by atoms with E-state index in [1.807, 2.05) is 17.6 Å². The van der Waals surface area contributed by atoms with Crippen molar-refractivity contribution in [2.45, 2.75) is 0 Å². The van der Waals surface area contributed by atoms with Crippen LogP contribution in [-0.4, -0.2) is 9.97 Å². The number of nitrogens with zero attached hydrogens (tertiary/aromatic N) is 2. The standard InChI is InChI=1S/C12H8N2S/c1-2-10(9-4-6-13-7-5-9)12-11(3-1)15-8-14-12/h1-8H. The normalized spacial score (nSPS) is 10.7. The third-order valence-corrected chi connectivity index (χ3v) is 3.15. The average Bonchev–Trinajstić information content (AvgIpc) is 2.78. The Hall–Kier alpha value is -1.74. The fourth-order valence-corrected chi connectivity index (χ4v) is 2.35. The maximum atomic E-state index is 4.39. The van der Waals surface area contributed by atoms with Gasteiger partial charge in [-0.2, -0.15) is 0 Å². The van der Waals surface area contributed by atoms with Crippen molar-refractivity contribution in [3.63, 3.8) is 0 Å². The zero-order valence-electron chi connectivity index (χ0n) is 7.92.